The van der Waals surface area contributed by atoms with Crippen LogP contribution in [0.2, 0.25) is 5.02 Å². The van der Waals surface area contributed by atoms with Crippen molar-refractivity contribution in [1.29, 1.82) is 0 Å². The minimum absolute atomic E-state index is 0.746. The minimum Gasteiger partial charge on any atom is -0.340 e. The van der Waals surface area contributed by atoms with Gasteiger partial charge in [-0.2, -0.15) is 0 Å². The van der Waals surface area contributed by atoms with Gasteiger partial charge >= 0.3 is 0 Å². The fourth-order valence-corrected chi connectivity index (χ4v) is 2.50. The molecule has 2 aromatic carbocycles. The second kappa shape index (κ2) is 5.14. The Morgan fingerprint density at radius 2 is 1.70 bits per heavy atom. The van der Waals surface area contributed by atoms with Crippen LogP contribution in [-0.4, -0.2) is 4.98 Å². The molecular formula is C17H15ClN2. The Morgan fingerprint density at radius 3 is 2.45 bits per heavy atom. The number of halogens is 1. The summed E-state index contributed by atoms with van der Waals surface area (Å²) in [5.74, 6) is 0.840. The van der Waals surface area contributed by atoms with E-state index >= 15 is 0 Å². The average molecular weight is 283 g/mol. The van der Waals surface area contributed by atoms with Crippen molar-refractivity contribution >= 4 is 34.0 Å². The normalized spacial score (nSPS) is 10.8. The SMILES string of the molecule is Cc1ccc(Nc2ccc3cc(Cl)cc(C)c3n2)cc1. The first kappa shape index (κ1) is 12.9. The number of fused-ring (bicyclic) bond motifs is 1. The highest BCUT2D eigenvalue weighted by molar-refractivity contribution is 6.31. The molecule has 0 aliphatic carbocycles. The maximum Gasteiger partial charge on any atom is 0.131 e. The van der Waals surface area contributed by atoms with E-state index in [0.29, 0.717) is 0 Å². The number of nitrogens with one attached hydrogen (secondary N) is 1. The van der Waals surface area contributed by atoms with Gasteiger partial charge in [0.1, 0.15) is 5.82 Å². The van der Waals surface area contributed by atoms with Crippen molar-refractivity contribution in [3.63, 3.8) is 0 Å². The number of benzene rings is 2. The molecule has 0 atom stereocenters. The van der Waals surface area contributed by atoms with Crippen LogP contribution in [0.5, 0.6) is 0 Å². The fraction of sp³-hybridized carbons (Fsp3) is 0.118. The molecule has 3 rings (SSSR count). The summed E-state index contributed by atoms with van der Waals surface area (Å²) < 4.78 is 0. The zero-order chi connectivity index (χ0) is 14.1. The molecule has 1 aromatic heterocycles. The summed E-state index contributed by atoms with van der Waals surface area (Å²) >= 11 is 6.06. The van der Waals surface area contributed by atoms with Crippen LogP contribution in [-0.2, 0) is 0 Å². The van der Waals surface area contributed by atoms with Crippen LogP contribution in [0.25, 0.3) is 10.9 Å². The van der Waals surface area contributed by atoms with Crippen molar-refractivity contribution in [2.75, 3.05) is 5.32 Å². The van der Waals surface area contributed by atoms with Gasteiger partial charge < -0.3 is 5.32 Å². The lowest BCUT2D eigenvalue weighted by Gasteiger charge is -2.08. The number of pyridine rings is 1. The van der Waals surface area contributed by atoms with Crippen LogP contribution >= 0.6 is 11.6 Å². The second-order valence-electron chi connectivity index (χ2n) is 4.98. The van der Waals surface area contributed by atoms with E-state index in [-0.39, 0.29) is 0 Å². The van der Waals surface area contributed by atoms with Crippen molar-refractivity contribution < 1.29 is 0 Å². The van der Waals surface area contributed by atoms with E-state index in [2.05, 4.69) is 41.5 Å². The predicted octanol–water partition coefficient (Wildman–Crippen LogP) is 5.25. The van der Waals surface area contributed by atoms with E-state index in [1.165, 1.54) is 5.56 Å². The van der Waals surface area contributed by atoms with E-state index in [1.54, 1.807) is 0 Å². The monoisotopic (exact) mass is 282 g/mol. The Hall–Kier alpha value is -2.06. The van der Waals surface area contributed by atoms with Gasteiger partial charge in [0.05, 0.1) is 5.52 Å². The number of rotatable bonds is 2. The predicted molar refractivity (Wildman–Crippen MR) is 86.0 cm³/mol. The van der Waals surface area contributed by atoms with Crippen LogP contribution in [0.1, 0.15) is 11.1 Å². The highest BCUT2D eigenvalue weighted by Crippen LogP contribution is 2.24. The maximum absolute atomic E-state index is 6.06. The lowest BCUT2D eigenvalue weighted by Crippen LogP contribution is -1.94. The van der Waals surface area contributed by atoms with Gasteiger partial charge in [-0.15, -0.1) is 0 Å². The quantitative estimate of drug-likeness (QED) is 0.694. The summed E-state index contributed by atoms with van der Waals surface area (Å²) in [6.45, 7) is 4.10. The lowest BCUT2D eigenvalue weighted by atomic mass is 10.1. The summed E-state index contributed by atoms with van der Waals surface area (Å²) in [6.07, 6.45) is 0. The van der Waals surface area contributed by atoms with Gasteiger partial charge in [0.2, 0.25) is 0 Å². The molecule has 3 heteroatoms. The number of hydrogen-bond acceptors (Lipinski definition) is 2. The number of aryl methyl sites for hydroxylation is 2. The van der Waals surface area contributed by atoms with Crippen molar-refractivity contribution in [3.05, 3.63) is 64.7 Å². The summed E-state index contributed by atoms with van der Waals surface area (Å²) in [7, 11) is 0. The smallest absolute Gasteiger partial charge is 0.131 e. The van der Waals surface area contributed by atoms with Crippen LogP contribution in [0, 0.1) is 13.8 Å². The van der Waals surface area contributed by atoms with Gasteiger partial charge in [0.25, 0.3) is 0 Å². The Bertz CT molecular complexity index is 764. The summed E-state index contributed by atoms with van der Waals surface area (Å²) in [5, 5.41) is 5.13. The Morgan fingerprint density at radius 1 is 0.950 bits per heavy atom. The second-order valence-corrected chi connectivity index (χ2v) is 5.42. The third-order valence-corrected chi connectivity index (χ3v) is 3.49. The molecule has 0 fully saturated rings. The van der Waals surface area contributed by atoms with Crippen molar-refractivity contribution in [2.45, 2.75) is 13.8 Å². The zero-order valence-electron chi connectivity index (χ0n) is 11.4. The average Bonchev–Trinajstić information content (AvgIpc) is 2.42. The van der Waals surface area contributed by atoms with Crippen molar-refractivity contribution in [2.24, 2.45) is 0 Å². The van der Waals surface area contributed by atoms with Gasteiger partial charge in [-0.05, 0) is 55.8 Å². The maximum atomic E-state index is 6.06. The zero-order valence-corrected chi connectivity index (χ0v) is 12.2. The van der Waals surface area contributed by atoms with Gasteiger partial charge in [0.15, 0.2) is 0 Å². The van der Waals surface area contributed by atoms with Crippen molar-refractivity contribution in [1.82, 2.24) is 4.98 Å². The first-order valence-electron chi connectivity index (χ1n) is 6.52. The largest absolute Gasteiger partial charge is 0.340 e. The van der Waals surface area contributed by atoms with Crippen LogP contribution < -0.4 is 5.32 Å². The van der Waals surface area contributed by atoms with E-state index in [0.717, 1.165) is 33.0 Å². The lowest BCUT2D eigenvalue weighted by molar-refractivity contribution is 1.34. The van der Waals surface area contributed by atoms with Gasteiger partial charge in [-0.1, -0.05) is 29.3 Å². The molecule has 0 aliphatic rings. The van der Waals surface area contributed by atoms with E-state index in [4.69, 9.17) is 11.6 Å². The minimum atomic E-state index is 0.746. The number of nitrogens with zero attached hydrogens (tertiary/aromatic N) is 1. The third kappa shape index (κ3) is 2.61. The molecule has 100 valence electrons. The highest BCUT2D eigenvalue weighted by Gasteiger charge is 2.03. The molecule has 3 aromatic rings. The first-order valence-corrected chi connectivity index (χ1v) is 6.90. The fourth-order valence-electron chi connectivity index (χ4n) is 2.22. The standard InChI is InChI=1S/C17H15ClN2/c1-11-3-6-15(7-4-11)19-16-8-5-13-10-14(18)9-12(2)17(13)20-16/h3-10H,1-2H3,(H,19,20). The van der Waals surface area contributed by atoms with E-state index in [1.807, 2.05) is 31.2 Å². The Kier molecular flexibility index (Phi) is 3.33. The molecule has 20 heavy (non-hydrogen) atoms. The molecular weight excluding hydrogens is 268 g/mol. The third-order valence-electron chi connectivity index (χ3n) is 3.27. The molecule has 0 spiro atoms. The molecule has 0 saturated heterocycles. The number of anilines is 2. The molecule has 0 saturated carbocycles. The summed E-state index contributed by atoms with van der Waals surface area (Å²) in [5.41, 5.74) is 4.34. The molecule has 0 aliphatic heterocycles. The molecule has 2 nitrogen and oxygen atoms in total. The Balaban J connectivity index is 1.98. The van der Waals surface area contributed by atoms with Gasteiger partial charge in [-0.25, -0.2) is 4.98 Å². The molecule has 0 radical (unpaired) electrons. The van der Waals surface area contributed by atoms with Crippen LogP contribution in [0.3, 0.4) is 0 Å². The van der Waals surface area contributed by atoms with E-state index in [9.17, 15) is 0 Å². The Labute approximate surface area is 123 Å². The molecule has 0 bridgehead atoms. The van der Waals surface area contributed by atoms with Crippen LogP contribution in [0.4, 0.5) is 11.5 Å². The van der Waals surface area contributed by atoms with Crippen molar-refractivity contribution in [3.8, 4) is 0 Å². The molecule has 1 N–H and O–H groups in total. The topological polar surface area (TPSA) is 24.9 Å². The van der Waals surface area contributed by atoms with Gasteiger partial charge in [0, 0.05) is 16.1 Å². The van der Waals surface area contributed by atoms with E-state index < -0.39 is 0 Å². The summed E-state index contributed by atoms with van der Waals surface area (Å²) in [4.78, 5) is 4.66. The van der Waals surface area contributed by atoms with Crippen LogP contribution in [0.15, 0.2) is 48.5 Å². The molecule has 0 amide bonds. The summed E-state index contributed by atoms with van der Waals surface area (Å²) in [6, 6.07) is 16.1. The number of hydrogen-bond donors (Lipinski definition) is 1. The first-order chi connectivity index (χ1) is 9.61. The van der Waals surface area contributed by atoms with Gasteiger partial charge in [-0.3, -0.25) is 0 Å². The molecule has 1 heterocycles. The molecule has 0 unspecified atom stereocenters. The highest BCUT2D eigenvalue weighted by atomic mass is 35.5. The number of aromatic nitrogens is 1.